The fraction of sp³-hybridized carbons (Fsp3) is 0.500. The van der Waals surface area contributed by atoms with Gasteiger partial charge in [0.15, 0.2) is 0 Å². The highest BCUT2D eigenvalue weighted by molar-refractivity contribution is 7.89. The lowest BCUT2D eigenvalue weighted by molar-refractivity contribution is 0.383. The van der Waals surface area contributed by atoms with Crippen LogP contribution in [0.3, 0.4) is 0 Å². The van der Waals surface area contributed by atoms with E-state index >= 15 is 0 Å². The maximum Gasteiger partial charge on any atom is 0.241 e. The van der Waals surface area contributed by atoms with Crippen LogP contribution in [0.25, 0.3) is 0 Å². The summed E-state index contributed by atoms with van der Waals surface area (Å²) in [5.74, 6) is 0. The lowest BCUT2D eigenvalue weighted by atomic mass is 9.94. The van der Waals surface area contributed by atoms with Crippen molar-refractivity contribution in [3.63, 3.8) is 0 Å². The van der Waals surface area contributed by atoms with Crippen LogP contribution in [-0.4, -0.2) is 14.5 Å². The van der Waals surface area contributed by atoms with E-state index < -0.39 is 10.0 Å². The Morgan fingerprint density at radius 3 is 2.47 bits per heavy atom. The van der Waals surface area contributed by atoms with Crippen LogP contribution in [0.1, 0.15) is 30.4 Å². The maximum absolute atomic E-state index is 12.2. The fourth-order valence-corrected chi connectivity index (χ4v) is 3.60. The summed E-state index contributed by atoms with van der Waals surface area (Å²) in [6.07, 6.45) is 2.96. The van der Waals surface area contributed by atoms with Gasteiger partial charge in [0, 0.05) is 11.7 Å². The van der Waals surface area contributed by atoms with Crippen molar-refractivity contribution in [3.05, 3.63) is 23.3 Å². The molecule has 0 heterocycles. The van der Waals surface area contributed by atoms with Gasteiger partial charge in [-0.3, -0.25) is 0 Å². The molecule has 1 aliphatic rings. The van der Waals surface area contributed by atoms with Gasteiger partial charge in [0.25, 0.3) is 0 Å². The van der Waals surface area contributed by atoms with Gasteiger partial charge in [-0.25, -0.2) is 13.1 Å². The van der Waals surface area contributed by atoms with Crippen LogP contribution in [0.15, 0.2) is 17.0 Å². The van der Waals surface area contributed by atoms with Crippen molar-refractivity contribution in [1.29, 1.82) is 0 Å². The third-order valence-electron chi connectivity index (χ3n) is 3.36. The van der Waals surface area contributed by atoms with Gasteiger partial charge in [0.2, 0.25) is 10.0 Å². The Morgan fingerprint density at radius 1 is 1.29 bits per heavy atom. The van der Waals surface area contributed by atoms with E-state index in [-0.39, 0.29) is 6.04 Å². The van der Waals surface area contributed by atoms with Gasteiger partial charge < -0.3 is 5.73 Å². The molecule has 0 unspecified atom stereocenters. The molecule has 1 aromatic rings. The molecule has 0 bridgehead atoms. The molecule has 1 aliphatic carbocycles. The smallest absolute Gasteiger partial charge is 0.241 e. The van der Waals surface area contributed by atoms with Crippen molar-refractivity contribution >= 4 is 15.7 Å². The van der Waals surface area contributed by atoms with Crippen molar-refractivity contribution in [1.82, 2.24) is 4.72 Å². The van der Waals surface area contributed by atoms with Gasteiger partial charge in [-0.15, -0.1) is 0 Å². The van der Waals surface area contributed by atoms with Crippen LogP contribution < -0.4 is 10.5 Å². The molecule has 0 aliphatic heterocycles. The molecule has 94 valence electrons. The number of nitrogens with one attached hydrogen (secondary N) is 1. The monoisotopic (exact) mass is 254 g/mol. The fourth-order valence-electron chi connectivity index (χ4n) is 1.94. The predicted molar refractivity (Wildman–Crippen MR) is 68.3 cm³/mol. The molecule has 3 N–H and O–H groups in total. The second-order valence-electron chi connectivity index (χ2n) is 4.71. The first-order valence-corrected chi connectivity index (χ1v) is 7.27. The van der Waals surface area contributed by atoms with Crippen LogP contribution in [-0.2, 0) is 10.0 Å². The quantitative estimate of drug-likeness (QED) is 0.807. The summed E-state index contributed by atoms with van der Waals surface area (Å²) in [5.41, 5.74) is 7.87. The lowest BCUT2D eigenvalue weighted by Gasteiger charge is -2.26. The average molecular weight is 254 g/mol. The molecule has 0 atom stereocenters. The average Bonchev–Trinajstić information content (AvgIpc) is 2.17. The van der Waals surface area contributed by atoms with Gasteiger partial charge in [0.1, 0.15) is 0 Å². The van der Waals surface area contributed by atoms with E-state index in [1.54, 1.807) is 6.07 Å². The van der Waals surface area contributed by atoms with Crippen LogP contribution in [0.2, 0.25) is 0 Å². The highest BCUT2D eigenvalue weighted by Crippen LogP contribution is 2.25. The summed E-state index contributed by atoms with van der Waals surface area (Å²) in [6, 6.07) is 3.42. The first-order valence-electron chi connectivity index (χ1n) is 5.79. The molecule has 0 spiro atoms. The summed E-state index contributed by atoms with van der Waals surface area (Å²) in [5, 5.41) is 0. The van der Waals surface area contributed by atoms with E-state index in [2.05, 4.69) is 4.72 Å². The van der Waals surface area contributed by atoms with E-state index in [4.69, 9.17) is 5.73 Å². The summed E-state index contributed by atoms with van der Waals surface area (Å²) in [6.45, 7) is 3.68. The second kappa shape index (κ2) is 4.31. The minimum absolute atomic E-state index is 0.0983. The van der Waals surface area contributed by atoms with Crippen molar-refractivity contribution in [2.45, 2.75) is 44.0 Å². The first-order chi connectivity index (χ1) is 7.90. The second-order valence-corrected chi connectivity index (χ2v) is 6.39. The summed E-state index contributed by atoms with van der Waals surface area (Å²) >= 11 is 0. The van der Waals surface area contributed by atoms with Crippen LogP contribution in [0.4, 0.5) is 5.69 Å². The van der Waals surface area contributed by atoms with E-state index in [0.29, 0.717) is 10.6 Å². The largest absolute Gasteiger partial charge is 0.399 e. The first kappa shape index (κ1) is 12.4. The Balaban J connectivity index is 2.38. The maximum atomic E-state index is 12.2. The Hall–Kier alpha value is -1.07. The highest BCUT2D eigenvalue weighted by atomic mass is 32.2. The molecule has 5 heteroatoms. The van der Waals surface area contributed by atoms with Gasteiger partial charge in [0.05, 0.1) is 4.90 Å². The number of benzene rings is 1. The van der Waals surface area contributed by atoms with E-state index in [1.165, 1.54) is 6.07 Å². The Morgan fingerprint density at radius 2 is 1.94 bits per heavy atom. The van der Waals surface area contributed by atoms with Crippen LogP contribution in [0.5, 0.6) is 0 Å². The number of sulfonamides is 1. The number of hydrogen-bond acceptors (Lipinski definition) is 3. The number of nitrogen functional groups attached to an aromatic ring is 1. The van der Waals surface area contributed by atoms with Crippen molar-refractivity contribution in [2.75, 3.05) is 5.73 Å². The molecular weight excluding hydrogens is 236 g/mol. The van der Waals surface area contributed by atoms with Crippen LogP contribution in [0, 0.1) is 13.8 Å². The van der Waals surface area contributed by atoms with Crippen LogP contribution >= 0.6 is 0 Å². The molecule has 1 fully saturated rings. The molecule has 0 saturated heterocycles. The number of anilines is 1. The Bertz CT molecular complexity index is 534. The van der Waals surface area contributed by atoms with Gasteiger partial charge in [-0.2, -0.15) is 0 Å². The molecule has 0 aromatic heterocycles. The zero-order valence-corrected chi connectivity index (χ0v) is 11.0. The van der Waals surface area contributed by atoms with Gasteiger partial charge in [-0.05, 0) is 49.9 Å². The van der Waals surface area contributed by atoms with E-state index in [1.807, 2.05) is 13.8 Å². The molecule has 4 nitrogen and oxygen atoms in total. The molecule has 0 radical (unpaired) electrons. The molecule has 1 saturated carbocycles. The van der Waals surface area contributed by atoms with Gasteiger partial charge >= 0.3 is 0 Å². The third kappa shape index (κ3) is 2.45. The van der Waals surface area contributed by atoms with Crippen molar-refractivity contribution < 1.29 is 8.42 Å². The third-order valence-corrected chi connectivity index (χ3v) is 5.01. The SMILES string of the molecule is Cc1cc(N)cc(S(=O)(=O)NC2CCC2)c1C. The van der Waals surface area contributed by atoms with E-state index in [9.17, 15) is 8.42 Å². The Labute approximate surface area is 102 Å². The molecule has 1 aromatic carbocycles. The predicted octanol–water partition coefficient (Wildman–Crippen LogP) is 1.72. The lowest BCUT2D eigenvalue weighted by Crippen LogP contribution is -2.39. The summed E-state index contributed by atoms with van der Waals surface area (Å²) < 4.78 is 27.1. The normalized spacial score (nSPS) is 16.8. The molecule has 17 heavy (non-hydrogen) atoms. The molecule has 2 rings (SSSR count). The number of hydrogen-bond donors (Lipinski definition) is 2. The Kier molecular flexibility index (Phi) is 3.14. The standard InChI is InChI=1S/C12H18N2O2S/c1-8-6-10(13)7-12(9(8)2)17(15,16)14-11-4-3-5-11/h6-7,11,14H,3-5,13H2,1-2H3. The summed E-state index contributed by atoms with van der Waals surface area (Å²) in [4.78, 5) is 0.307. The topological polar surface area (TPSA) is 72.2 Å². The van der Waals surface area contributed by atoms with Crippen molar-refractivity contribution in [3.8, 4) is 0 Å². The van der Waals surface area contributed by atoms with E-state index in [0.717, 1.165) is 30.4 Å². The zero-order chi connectivity index (χ0) is 12.6. The van der Waals surface area contributed by atoms with Crippen molar-refractivity contribution in [2.24, 2.45) is 0 Å². The minimum Gasteiger partial charge on any atom is -0.399 e. The minimum atomic E-state index is -3.43. The van der Waals surface area contributed by atoms with Gasteiger partial charge in [-0.1, -0.05) is 6.42 Å². The molecular formula is C12H18N2O2S. The number of nitrogens with two attached hydrogens (primary N) is 1. The molecule has 0 amide bonds. The summed E-state index contributed by atoms with van der Waals surface area (Å²) in [7, 11) is -3.43. The number of aryl methyl sites for hydroxylation is 1. The number of rotatable bonds is 3. The highest BCUT2D eigenvalue weighted by Gasteiger charge is 2.26. The zero-order valence-electron chi connectivity index (χ0n) is 10.2.